The van der Waals surface area contributed by atoms with Gasteiger partial charge < -0.3 is 10.1 Å². The van der Waals surface area contributed by atoms with Crippen LogP contribution in [-0.2, 0) is 16.1 Å². The number of carbonyl (C=O) groups is 1. The topological polar surface area (TPSA) is 54.5 Å². The number of nitrogens with zero attached hydrogens (tertiary/aromatic N) is 2. The number of ether oxygens (including phenoxy) is 1. The number of hydrogen-bond acceptors (Lipinski definition) is 5. The van der Waals surface area contributed by atoms with Crippen LogP contribution in [0.25, 0.3) is 11.3 Å². The van der Waals surface area contributed by atoms with E-state index in [0.29, 0.717) is 0 Å². The Hall–Kier alpha value is -1.76. The molecule has 6 heteroatoms. The first-order chi connectivity index (χ1) is 15.2. The molecule has 1 saturated heterocycles. The van der Waals surface area contributed by atoms with E-state index in [1.165, 1.54) is 37.0 Å². The van der Waals surface area contributed by atoms with Gasteiger partial charge in [-0.1, -0.05) is 67.9 Å². The Morgan fingerprint density at radius 1 is 1.16 bits per heavy atom. The highest BCUT2D eigenvalue weighted by atomic mass is 32.1. The minimum Gasteiger partial charge on any atom is -0.379 e. The normalized spacial score (nSPS) is 22.4. The zero-order chi connectivity index (χ0) is 21.5. The summed E-state index contributed by atoms with van der Waals surface area (Å²) in [4.78, 5) is 21.5. The predicted molar refractivity (Wildman–Crippen MR) is 127 cm³/mol. The van der Waals surface area contributed by atoms with E-state index in [2.05, 4.69) is 29.3 Å². The van der Waals surface area contributed by atoms with E-state index in [-0.39, 0.29) is 11.8 Å². The second kappa shape index (κ2) is 11.2. The molecule has 0 bridgehead atoms. The first-order valence-electron chi connectivity index (χ1n) is 11.9. The van der Waals surface area contributed by atoms with Crippen molar-refractivity contribution >= 4 is 22.4 Å². The zero-order valence-electron chi connectivity index (χ0n) is 18.6. The van der Waals surface area contributed by atoms with E-state index in [4.69, 9.17) is 9.72 Å². The number of amides is 1. The van der Waals surface area contributed by atoms with Crippen molar-refractivity contribution in [2.75, 3.05) is 31.6 Å². The third kappa shape index (κ3) is 6.15. The summed E-state index contributed by atoms with van der Waals surface area (Å²) in [6.07, 6.45) is 8.30. The Bertz CT molecular complexity index is 825. The number of unbranched alkanes of at least 4 members (excludes halogenated alkanes) is 1. The van der Waals surface area contributed by atoms with Crippen LogP contribution in [0.1, 0.15) is 56.7 Å². The molecule has 1 aliphatic heterocycles. The summed E-state index contributed by atoms with van der Waals surface area (Å²) < 4.78 is 5.50. The smallest absolute Gasteiger partial charge is 0.229 e. The molecule has 1 aromatic heterocycles. The first-order valence-corrected chi connectivity index (χ1v) is 12.7. The van der Waals surface area contributed by atoms with E-state index < -0.39 is 0 Å². The molecule has 5 nitrogen and oxygen atoms in total. The average Bonchev–Trinajstić information content (AvgIpc) is 3.21. The van der Waals surface area contributed by atoms with Crippen molar-refractivity contribution in [2.24, 2.45) is 11.8 Å². The quantitative estimate of drug-likeness (QED) is 0.581. The fraction of sp³-hybridized carbons (Fsp3) is 0.600. The molecular weight excluding hydrogens is 406 g/mol. The molecule has 4 rings (SSSR count). The summed E-state index contributed by atoms with van der Waals surface area (Å²) >= 11 is 1.63. The lowest BCUT2D eigenvalue weighted by Crippen LogP contribution is -2.35. The second-order valence-corrected chi connectivity index (χ2v) is 9.98. The van der Waals surface area contributed by atoms with Crippen molar-refractivity contribution in [1.29, 1.82) is 0 Å². The maximum atomic E-state index is 13.0. The Balaban J connectivity index is 1.42. The number of benzene rings is 1. The molecule has 31 heavy (non-hydrogen) atoms. The monoisotopic (exact) mass is 441 g/mol. The molecule has 0 unspecified atom stereocenters. The molecule has 1 amide bonds. The van der Waals surface area contributed by atoms with Crippen molar-refractivity contribution in [1.82, 2.24) is 9.88 Å². The molecule has 2 fully saturated rings. The van der Waals surface area contributed by atoms with E-state index in [1.54, 1.807) is 11.3 Å². The highest BCUT2D eigenvalue weighted by molar-refractivity contribution is 7.16. The highest BCUT2D eigenvalue weighted by Gasteiger charge is 2.27. The molecule has 1 saturated carbocycles. The number of thiazole rings is 1. The van der Waals surface area contributed by atoms with Crippen LogP contribution in [0.4, 0.5) is 5.13 Å². The van der Waals surface area contributed by atoms with Gasteiger partial charge in [-0.15, -0.1) is 0 Å². The number of carbonyl (C=O) groups excluding carboxylic acids is 1. The first kappa shape index (κ1) is 22.4. The minimum absolute atomic E-state index is 0.129. The highest BCUT2D eigenvalue weighted by Crippen LogP contribution is 2.35. The van der Waals surface area contributed by atoms with Crippen molar-refractivity contribution < 1.29 is 9.53 Å². The average molecular weight is 442 g/mol. The molecule has 0 atom stereocenters. The third-order valence-corrected chi connectivity index (χ3v) is 7.58. The van der Waals surface area contributed by atoms with Gasteiger partial charge in [-0.05, 0) is 31.6 Å². The summed E-state index contributed by atoms with van der Waals surface area (Å²) in [5, 5.41) is 3.90. The molecule has 2 aliphatic rings. The van der Waals surface area contributed by atoms with Crippen LogP contribution in [0.5, 0.6) is 0 Å². The van der Waals surface area contributed by atoms with Crippen molar-refractivity contribution in [3.63, 3.8) is 0 Å². The van der Waals surface area contributed by atoms with E-state index in [9.17, 15) is 4.79 Å². The van der Waals surface area contributed by atoms with Crippen LogP contribution in [0.3, 0.4) is 0 Å². The van der Waals surface area contributed by atoms with Gasteiger partial charge in [0.1, 0.15) is 0 Å². The van der Waals surface area contributed by atoms with E-state index in [1.807, 2.05) is 18.2 Å². The van der Waals surface area contributed by atoms with Gasteiger partial charge in [-0.25, -0.2) is 4.98 Å². The maximum Gasteiger partial charge on any atom is 0.229 e. The van der Waals surface area contributed by atoms with Crippen molar-refractivity contribution in [3.8, 4) is 11.3 Å². The molecule has 1 N–H and O–H groups in total. The lowest BCUT2D eigenvalue weighted by Gasteiger charge is -2.27. The van der Waals surface area contributed by atoms with Gasteiger partial charge in [-0.2, -0.15) is 0 Å². The van der Waals surface area contributed by atoms with Crippen LogP contribution >= 0.6 is 11.3 Å². The van der Waals surface area contributed by atoms with Gasteiger partial charge in [0, 0.05) is 36.0 Å². The number of nitrogens with one attached hydrogen (secondary N) is 1. The van der Waals surface area contributed by atoms with Crippen LogP contribution in [-0.4, -0.2) is 42.1 Å². The van der Waals surface area contributed by atoms with E-state index in [0.717, 1.165) is 68.0 Å². The van der Waals surface area contributed by atoms with Crippen molar-refractivity contribution in [2.45, 2.75) is 58.4 Å². The molecule has 2 aromatic rings. The van der Waals surface area contributed by atoms with Gasteiger partial charge >= 0.3 is 0 Å². The largest absolute Gasteiger partial charge is 0.379 e. The second-order valence-electron chi connectivity index (χ2n) is 8.89. The number of rotatable bonds is 8. The van der Waals surface area contributed by atoms with Gasteiger partial charge in [-0.3, -0.25) is 9.69 Å². The van der Waals surface area contributed by atoms with Gasteiger partial charge in [0.2, 0.25) is 5.91 Å². The Kier molecular flexibility index (Phi) is 8.11. The summed E-state index contributed by atoms with van der Waals surface area (Å²) in [7, 11) is 0. The fourth-order valence-electron chi connectivity index (χ4n) is 4.71. The summed E-state index contributed by atoms with van der Waals surface area (Å²) in [5.41, 5.74) is 2.11. The Morgan fingerprint density at radius 3 is 2.61 bits per heavy atom. The molecule has 2 heterocycles. The standard InChI is InChI=1S/C25H35N3O2S/c1-2-3-7-19-10-12-21(13-11-19)24(29)27-25-26-23(20-8-5-4-6-9-20)22(31-25)18-28-14-16-30-17-15-28/h4-6,8-9,19,21H,2-3,7,10-18H2,1H3,(H,26,27,29). The maximum absolute atomic E-state index is 13.0. The number of morpholine rings is 1. The molecular formula is C25H35N3O2S. The van der Waals surface area contributed by atoms with Gasteiger partial charge in [0.25, 0.3) is 0 Å². The Morgan fingerprint density at radius 2 is 1.90 bits per heavy atom. The van der Waals surface area contributed by atoms with Gasteiger partial charge in [0.05, 0.1) is 18.9 Å². The minimum atomic E-state index is 0.129. The van der Waals surface area contributed by atoms with Crippen LogP contribution in [0.15, 0.2) is 30.3 Å². The summed E-state index contributed by atoms with van der Waals surface area (Å²) in [6.45, 7) is 6.55. The van der Waals surface area contributed by atoms with Crippen LogP contribution < -0.4 is 5.32 Å². The third-order valence-electron chi connectivity index (χ3n) is 6.63. The summed E-state index contributed by atoms with van der Waals surface area (Å²) in [6, 6.07) is 10.3. The van der Waals surface area contributed by atoms with Crippen LogP contribution in [0.2, 0.25) is 0 Å². The molecule has 0 spiro atoms. The lowest BCUT2D eigenvalue weighted by molar-refractivity contribution is -0.121. The molecule has 0 radical (unpaired) electrons. The van der Waals surface area contributed by atoms with Crippen LogP contribution in [0, 0.1) is 11.8 Å². The number of aromatic nitrogens is 1. The SMILES string of the molecule is CCCCC1CCC(C(=O)Nc2nc(-c3ccccc3)c(CN3CCOCC3)s2)CC1. The lowest BCUT2D eigenvalue weighted by atomic mass is 9.79. The zero-order valence-corrected chi connectivity index (χ0v) is 19.5. The molecule has 168 valence electrons. The number of hydrogen-bond donors (Lipinski definition) is 1. The predicted octanol–water partition coefficient (Wildman–Crippen LogP) is 5.58. The molecule has 1 aromatic carbocycles. The van der Waals surface area contributed by atoms with Crippen molar-refractivity contribution in [3.05, 3.63) is 35.2 Å². The Labute approximate surface area is 190 Å². The fourth-order valence-corrected chi connectivity index (χ4v) is 5.74. The molecule has 1 aliphatic carbocycles. The summed E-state index contributed by atoms with van der Waals surface area (Å²) in [5.74, 6) is 1.10. The number of anilines is 1. The van der Waals surface area contributed by atoms with E-state index >= 15 is 0 Å². The van der Waals surface area contributed by atoms with Gasteiger partial charge in [0.15, 0.2) is 5.13 Å².